The van der Waals surface area contributed by atoms with Crippen LogP contribution in [-0.4, -0.2) is 21.0 Å². The van der Waals surface area contributed by atoms with E-state index < -0.39 is 5.97 Å². The van der Waals surface area contributed by atoms with Gasteiger partial charge in [-0.1, -0.05) is 30.3 Å². The molecule has 0 saturated carbocycles. The Hall–Kier alpha value is -2.40. The molecule has 2 heterocycles. The molecule has 4 rings (SSSR count). The van der Waals surface area contributed by atoms with E-state index in [-0.39, 0.29) is 36.5 Å². The number of H-pyrrole nitrogens is 1. The van der Waals surface area contributed by atoms with Gasteiger partial charge in [-0.05, 0) is 35.9 Å². The second-order valence-corrected chi connectivity index (χ2v) is 5.62. The van der Waals surface area contributed by atoms with Gasteiger partial charge in [0, 0.05) is 40.1 Å². The molecule has 0 aliphatic carbocycles. The number of para-hydroxylation sites is 1. The maximum absolute atomic E-state index is 11.0. The van der Waals surface area contributed by atoms with Crippen LogP contribution >= 0.6 is 0 Å². The number of carbonyl (C=O) groups is 1. The van der Waals surface area contributed by atoms with Crippen LogP contribution in [0.15, 0.2) is 73.1 Å². The molecule has 0 fully saturated rings. The van der Waals surface area contributed by atoms with Gasteiger partial charge in [0.25, 0.3) is 0 Å². The van der Waals surface area contributed by atoms with E-state index in [9.17, 15) is 4.79 Å². The first-order chi connectivity index (χ1) is 11.7. The first kappa shape index (κ1) is 17.4. The Morgan fingerprint density at radius 2 is 1.64 bits per heavy atom. The molecular weight excluding hydrogens is 323 g/mol. The summed E-state index contributed by atoms with van der Waals surface area (Å²) in [5, 5.41) is 10.1. The summed E-state index contributed by atoms with van der Waals surface area (Å²) in [6.07, 6.45) is 3.60. The van der Waals surface area contributed by atoms with E-state index in [0.29, 0.717) is 0 Å². The molecule has 2 aromatic carbocycles. The zero-order valence-corrected chi connectivity index (χ0v) is 15.7. The first-order valence-electron chi connectivity index (χ1n) is 7.57. The largest absolute Gasteiger partial charge is 1.00 e. The maximum atomic E-state index is 11.0. The molecule has 118 valence electrons. The van der Waals surface area contributed by atoms with Gasteiger partial charge >= 0.3 is 35.5 Å². The Morgan fingerprint density at radius 1 is 0.920 bits per heavy atom. The predicted molar refractivity (Wildman–Crippen MR) is 95.0 cm³/mol. The fourth-order valence-electron chi connectivity index (χ4n) is 2.78. The van der Waals surface area contributed by atoms with Gasteiger partial charge in [-0.2, -0.15) is 0 Å². The van der Waals surface area contributed by atoms with E-state index in [2.05, 4.69) is 22.1 Å². The summed E-state index contributed by atoms with van der Waals surface area (Å²) in [6, 6.07) is 19.1. The van der Waals surface area contributed by atoms with E-state index >= 15 is 0 Å². The molecule has 0 amide bonds. The molecule has 25 heavy (non-hydrogen) atoms. The molecule has 0 saturated heterocycles. The molecular formula is C20H15N2NaO2. The summed E-state index contributed by atoms with van der Waals surface area (Å²) >= 11 is 0. The number of pyridine rings is 1. The van der Waals surface area contributed by atoms with Crippen molar-refractivity contribution in [3.63, 3.8) is 0 Å². The molecule has 4 nitrogen and oxygen atoms in total. The van der Waals surface area contributed by atoms with Crippen molar-refractivity contribution in [2.24, 2.45) is 0 Å². The number of fused-ring (bicyclic) bond motifs is 1. The van der Waals surface area contributed by atoms with Gasteiger partial charge in [0.1, 0.15) is 0 Å². The second kappa shape index (κ2) is 7.23. The van der Waals surface area contributed by atoms with Crippen molar-refractivity contribution in [2.45, 2.75) is 0 Å². The van der Waals surface area contributed by atoms with Crippen LogP contribution in [0.1, 0.15) is 11.8 Å². The van der Waals surface area contributed by atoms with Crippen LogP contribution in [0.3, 0.4) is 0 Å². The summed E-state index contributed by atoms with van der Waals surface area (Å²) in [5.41, 5.74) is 5.24. The van der Waals surface area contributed by atoms with Crippen LogP contribution in [-0.2, 0) is 0 Å². The fraction of sp³-hybridized carbons (Fsp3) is 0. The molecule has 0 bridgehead atoms. The number of rotatable bonds is 3. The monoisotopic (exact) mass is 338 g/mol. The number of nitrogens with one attached hydrogen (secondary N) is 1. The van der Waals surface area contributed by atoms with E-state index in [4.69, 9.17) is 5.11 Å². The molecule has 0 radical (unpaired) electrons. The van der Waals surface area contributed by atoms with Gasteiger partial charge in [-0.25, -0.2) is 4.79 Å². The van der Waals surface area contributed by atoms with Crippen molar-refractivity contribution in [1.29, 1.82) is 0 Å². The number of benzene rings is 2. The van der Waals surface area contributed by atoms with Crippen molar-refractivity contribution in [3.8, 4) is 22.4 Å². The third-order valence-corrected chi connectivity index (χ3v) is 4.04. The fourth-order valence-corrected chi connectivity index (χ4v) is 2.78. The Morgan fingerprint density at radius 3 is 2.36 bits per heavy atom. The topological polar surface area (TPSA) is 66.0 Å². The Bertz CT molecular complexity index is 1010. The number of carboxylic acids is 1. The van der Waals surface area contributed by atoms with E-state index in [1.807, 2.05) is 30.5 Å². The van der Waals surface area contributed by atoms with Crippen molar-refractivity contribution in [3.05, 3.63) is 78.6 Å². The van der Waals surface area contributed by atoms with E-state index in [1.165, 1.54) is 0 Å². The smallest absolute Gasteiger partial charge is 1.00 e. The molecule has 0 aliphatic rings. The van der Waals surface area contributed by atoms with Crippen LogP contribution in [0.5, 0.6) is 0 Å². The number of aromatic carboxylic acids is 1. The van der Waals surface area contributed by atoms with Crippen LogP contribution in [0.4, 0.5) is 0 Å². The average molecular weight is 338 g/mol. The predicted octanol–water partition coefficient (Wildman–Crippen LogP) is 1.71. The van der Waals surface area contributed by atoms with Gasteiger partial charge in [-0.3, -0.25) is 4.98 Å². The maximum Gasteiger partial charge on any atom is 1.00 e. The van der Waals surface area contributed by atoms with Gasteiger partial charge < -0.3 is 11.5 Å². The van der Waals surface area contributed by atoms with Crippen LogP contribution in [0, 0.1) is 0 Å². The summed E-state index contributed by atoms with van der Waals surface area (Å²) < 4.78 is 0. The Labute approximate surface area is 168 Å². The van der Waals surface area contributed by atoms with Gasteiger partial charge in [-0.15, -0.1) is 0 Å². The number of aromatic nitrogens is 2. The third kappa shape index (κ3) is 3.51. The number of nitrogens with zero attached hydrogens (tertiary/aromatic N) is 1. The minimum atomic E-state index is -0.925. The standard InChI is InChI=1S/C20H14N2O2.Na.H/c23-20(24)14-7-5-13(6-8-14)16-9-17(12-21-11-16)19-10-15-3-1-2-4-18(15)22-19;;/h1-12,22H,(H,23,24);;/q;+1;-1. The Balaban J connectivity index is 0.00000121. The van der Waals surface area contributed by atoms with Crippen LogP contribution in [0.2, 0.25) is 0 Å². The summed E-state index contributed by atoms with van der Waals surface area (Å²) in [5.74, 6) is -0.925. The minimum Gasteiger partial charge on any atom is -1.00 e. The normalized spacial score (nSPS) is 10.4. The van der Waals surface area contributed by atoms with Crippen LogP contribution in [0.25, 0.3) is 33.3 Å². The summed E-state index contributed by atoms with van der Waals surface area (Å²) in [7, 11) is 0. The summed E-state index contributed by atoms with van der Waals surface area (Å²) in [6.45, 7) is 0. The number of hydrogen-bond acceptors (Lipinski definition) is 2. The van der Waals surface area contributed by atoms with Crippen LogP contribution < -0.4 is 29.6 Å². The molecule has 0 atom stereocenters. The van der Waals surface area contributed by atoms with Crippen molar-refractivity contribution in [1.82, 2.24) is 9.97 Å². The van der Waals surface area contributed by atoms with E-state index in [1.54, 1.807) is 30.5 Å². The molecule has 2 N–H and O–H groups in total. The molecule has 0 unspecified atom stereocenters. The third-order valence-electron chi connectivity index (χ3n) is 4.04. The zero-order chi connectivity index (χ0) is 16.5. The average Bonchev–Trinajstić information content (AvgIpc) is 3.06. The summed E-state index contributed by atoms with van der Waals surface area (Å²) in [4.78, 5) is 18.7. The number of hydrogen-bond donors (Lipinski definition) is 2. The molecule has 0 spiro atoms. The molecule has 4 aromatic rings. The SMILES string of the molecule is O=C(O)c1ccc(-c2cncc(-c3cc4ccccc4[nH]3)c2)cc1.[H-].[Na+]. The first-order valence-corrected chi connectivity index (χ1v) is 7.57. The van der Waals surface area contributed by atoms with Crippen molar-refractivity contribution < 1.29 is 40.9 Å². The van der Waals surface area contributed by atoms with Gasteiger partial charge in [0.05, 0.1) is 5.56 Å². The second-order valence-electron chi connectivity index (χ2n) is 5.62. The van der Waals surface area contributed by atoms with Crippen molar-refractivity contribution >= 4 is 16.9 Å². The zero-order valence-electron chi connectivity index (χ0n) is 14.7. The quantitative estimate of drug-likeness (QED) is 0.559. The molecule has 0 aliphatic heterocycles. The number of carboxylic acid groups (broad SMARTS) is 1. The number of aromatic amines is 1. The molecule has 5 heteroatoms. The van der Waals surface area contributed by atoms with Gasteiger partial charge in [0.15, 0.2) is 0 Å². The van der Waals surface area contributed by atoms with E-state index in [0.717, 1.165) is 33.3 Å². The Kier molecular flexibility index (Phi) is 5.04. The minimum absolute atomic E-state index is 0. The van der Waals surface area contributed by atoms with Crippen molar-refractivity contribution in [2.75, 3.05) is 0 Å². The van der Waals surface area contributed by atoms with Gasteiger partial charge in [0.2, 0.25) is 0 Å². The molecule has 2 aromatic heterocycles.